The topological polar surface area (TPSA) is 79.3 Å². The van der Waals surface area contributed by atoms with Crippen molar-refractivity contribution >= 4 is 17.6 Å². The Morgan fingerprint density at radius 2 is 1.77 bits per heavy atom. The summed E-state index contributed by atoms with van der Waals surface area (Å²) in [4.78, 5) is 30.7. The molecule has 1 saturated heterocycles. The van der Waals surface area contributed by atoms with Crippen molar-refractivity contribution in [1.29, 1.82) is 0 Å². The zero-order valence-corrected chi connectivity index (χ0v) is 15.5. The van der Waals surface area contributed by atoms with Crippen LogP contribution in [0.2, 0.25) is 0 Å². The largest absolute Gasteiger partial charge is 0.341 e. The molecule has 138 valence electrons. The molecule has 2 heterocycles. The van der Waals surface area contributed by atoms with Crippen LogP contribution in [0.25, 0.3) is 0 Å². The minimum atomic E-state index is -0.196. The van der Waals surface area contributed by atoms with Crippen molar-refractivity contribution in [3.05, 3.63) is 47.5 Å². The molecular weight excluding hydrogens is 330 g/mol. The Kier molecular flexibility index (Phi) is 5.25. The van der Waals surface area contributed by atoms with Crippen LogP contribution in [0.1, 0.15) is 40.9 Å². The van der Waals surface area contributed by atoms with Crippen LogP contribution in [0.3, 0.4) is 0 Å². The van der Waals surface area contributed by atoms with Gasteiger partial charge in [0, 0.05) is 37.6 Å². The number of carbonyl (C=O) groups excluding carboxylic acids is 2. The summed E-state index contributed by atoms with van der Waals surface area (Å²) in [5.74, 6) is 0.637. The van der Waals surface area contributed by atoms with E-state index in [0.29, 0.717) is 18.8 Å². The molecule has 0 saturated carbocycles. The molecule has 7 nitrogen and oxygen atoms in total. The van der Waals surface area contributed by atoms with Crippen molar-refractivity contribution in [2.24, 2.45) is 0 Å². The van der Waals surface area contributed by atoms with Crippen LogP contribution in [0.15, 0.2) is 30.3 Å². The van der Waals surface area contributed by atoms with E-state index >= 15 is 0 Å². The van der Waals surface area contributed by atoms with Gasteiger partial charge in [-0.3, -0.25) is 4.79 Å². The Morgan fingerprint density at radius 1 is 1.12 bits per heavy atom. The lowest BCUT2D eigenvalue weighted by Gasteiger charge is -2.33. The van der Waals surface area contributed by atoms with Crippen LogP contribution in [-0.2, 0) is 0 Å². The molecule has 0 aliphatic carbocycles. The summed E-state index contributed by atoms with van der Waals surface area (Å²) >= 11 is 0. The highest BCUT2D eigenvalue weighted by atomic mass is 16.2. The molecule has 0 unspecified atom stereocenters. The number of para-hydroxylation sites is 1. The molecule has 1 fully saturated rings. The van der Waals surface area contributed by atoms with Crippen LogP contribution in [-0.4, -0.2) is 46.5 Å². The standard InChI is InChI=1S/C19H25N5O2/c1-13-17(18(25)22-15-7-5-4-6-8-15)21-14(2)24(13)16-9-11-23(12-10-16)19(26)20-3/h4-8,16H,9-12H2,1-3H3,(H,20,26)(H,22,25). The van der Waals surface area contributed by atoms with Crippen LogP contribution < -0.4 is 10.6 Å². The molecule has 2 N–H and O–H groups in total. The molecule has 7 heteroatoms. The molecule has 1 aliphatic rings. The Hall–Kier alpha value is -2.83. The summed E-state index contributed by atoms with van der Waals surface area (Å²) in [7, 11) is 1.65. The quantitative estimate of drug-likeness (QED) is 0.888. The van der Waals surface area contributed by atoms with Gasteiger partial charge in [0.15, 0.2) is 0 Å². The molecule has 0 bridgehead atoms. The zero-order chi connectivity index (χ0) is 18.7. The second kappa shape index (κ2) is 7.59. The maximum absolute atomic E-state index is 12.6. The molecule has 2 aromatic rings. The van der Waals surface area contributed by atoms with E-state index in [-0.39, 0.29) is 18.0 Å². The van der Waals surface area contributed by atoms with Crippen LogP contribution in [0.4, 0.5) is 10.5 Å². The fraction of sp³-hybridized carbons (Fsp3) is 0.421. The Morgan fingerprint density at radius 3 is 2.38 bits per heavy atom. The number of hydrogen-bond acceptors (Lipinski definition) is 3. The number of benzene rings is 1. The van der Waals surface area contributed by atoms with E-state index in [1.165, 1.54) is 0 Å². The van der Waals surface area contributed by atoms with Crippen molar-refractivity contribution in [3.8, 4) is 0 Å². The monoisotopic (exact) mass is 355 g/mol. The van der Waals surface area contributed by atoms with Crippen molar-refractivity contribution in [2.45, 2.75) is 32.7 Å². The van der Waals surface area contributed by atoms with E-state index in [2.05, 4.69) is 20.2 Å². The third kappa shape index (κ3) is 3.56. The van der Waals surface area contributed by atoms with Gasteiger partial charge >= 0.3 is 6.03 Å². The first-order chi connectivity index (χ1) is 12.5. The molecule has 0 atom stereocenters. The first-order valence-electron chi connectivity index (χ1n) is 8.89. The second-order valence-electron chi connectivity index (χ2n) is 6.56. The number of aromatic nitrogens is 2. The first kappa shape index (κ1) is 18.0. The van der Waals surface area contributed by atoms with Gasteiger partial charge in [-0.25, -0.2) is 9.78 Å². The second-order valence-corrected chi connectivity index (χ2v) is 6.56. The maximum Gasteiger partial charge on any atom is 0.317 e. The minimum absolute atomic E-state index is 0.0366. The molecular formula is C19H25N5O2. The van der Waals surface area contributed by atoms with Gasteiger partial charge in [-0.15, -0.1) is 0 Å². The Labute approximate surface area is 153 Å². The average Bonchev–Trinajstić information content (AvgIpc) is 2.96. The van der Waals surface area contributed by atoms with Crippen LogP contribution in [0.5, 0.6) is 0 Å². The molecule has 3 rings (SSSR count). The fourth-order valence-corrected chi connectivity index (χ4v) is 3.60. The van der Waals surface area contributed by atoms with Gasteiger partial charge in [0.25, 0.3) is 5.91 Å². The Bertz CT molecular complexity index is 792. The maximum atomic E-state index is 12.6. The average molecular weight is 355 g/mol. The van der Waals surface area contributed by atoms with Crippen molar-refractivity contribution < 1.29 is 9.59 Å². The van der Waals surface area contributed by atoms with Gasteiger partial charge in [0.05, 0.1) is 0 Å². The smallest absolute Gasteiger partial charge is 0.317 e. The number of urea groups is 1. The number of hydrogen-bond donors (Lipinski definition) is 2. The number of amides is 3. The van der Waals surface area contributed by atoms with Gasteiger partial charge < -0.3 is 20.1 Å². The van der Waals surface area contributed by atoms with E-state index in [1.807, 2.05) is 49.1 Å². The molecule has 1 aliphatic heterocycles. The molecule has 1 aromatic heterocycles. The van der Waals surface area contributed by atoms with E-state index in [4.69, 9.17) is 0 Å². The predicted molar refractivity (Wildman–Crippen MR) is 100 cm³/mol. The van der Waals surface area contributed by atoms with Crippen LogP contribution >= 0.6 is 0 Å². The van der Waals surface area contributed by atoms with Crippen molar-refractivity contribution in [1.82, 2.24) is 19.8 Å². The number of nitrogens with zero attached hydrogens (tertiary/aromatic N) is 3. The third-order valence-electron chi connectivity index (χ3n) is 4.90. The third-order valence-corrected chi connectivity index (χ3v) is 4.90. The van der Waals surface area contributed by atoms with Gasteiger partial charge in [-0.2, -0.15) is 0 Å². The summed E-state index contributed by atoms with van der Waals surface area (Å²) in [5, 5.41) is 5.57. The summed E-state index contributed by atoms with van der Waals surface area (Å²) in [6, 6.07) is 9.59. The van der Waals surface area contributed by atoms with E-state index in [0.717, 1.165) is 30.0 Å². The lowest BCUT2D eigenvalue weighted by Crippen LogP contribution is -2.43. The van der Waals surface area contributed by atoms with Crippen molar-refractivity contribution in [3.63, 3.8) is 0 Å². The predicted octanol–water partition coefficient (Wildman–Crippen LogP) is 2.73. The number of imidazole rings is 1. The molecule has 0 radical (unpaired) electrons. The van der Waals surface area contributed by atoms with Crippen molar-refractivity contribution in [2.75, 3.05) is 25.5 Å². The van der Waals surface area contributed by atoms with E-state index in [1.54, 1.807) is 7.05 Å². The van der Waals surface area contributed by atoms with Gasteiger partial charge in [-0.05, 0) is 38.8 Å². The number of carbonyl (C=O) groups is 2. The zero-order valence-electron chi connectivity index (χ0n) is 15.5. The number of rotatable bonds is 3. The molecule has 26 heavy (non-hydrogen) atoms. The van der Waals surface area contributed by atoms with Gasteiger partial charge in [-0.1, -0.05) is 18.2 Å². The summed E-state index contributed by atoms with van der Waals surface area (Å²) in [6.45, 7) is 5.27. The normalized spacial score (nSPS) is 15.0. The van der Waals surface area contributed by atoms with E-state index in [9.17, 15) is 9.59 Å². The number of aryl methyl sites for hydroxylation is 1. The number of nitrogens with one attached hydrogen (secondary N) is 2. The highest BCUT2D eigenvalue weighted by Gasteiger charge is 2.27. The number of likely N-dealkylation sites (tertiary alicyclic amines) is 1. The highest BCUT2D eigenvalue weighted by Crippen LogP contribution is 2.27. The lowest BCUT2D eigenvalue weighted by molar-refractivity contribution is 0.102. The summed E-state index contributed by atoms with van der Waals surface area (Å²) in [5.41, 5.74) is 2.08. The van der Waals surface area contributed by atoms with Crippen LogP contribution in [0, 0.1) is 13.8 Å². The van der Waals surface area contributed by atoms with E-state index < -0.39 is 0 Å². The number of piperidine rings is 1. The molecule has 0 spiro atoms. The van der Waals surface area contributed by atoms with Gasteiger partial charge in [0.2, 0.25) is 0 Å². The highest BCUT2D eigenvalue weighted by molar-refractivity contribution is 6.03. The fourth-order valence-electron chi connectivity index (χ4n) is 3.60. The van der Waals surface area contributed by atoms with Gasteiger partial charge in [0.1, 0.15) is 11.5 Å². The molecule has 1 aromatic carbocycles. The molecule has 3 amide bonds. The first-order valence-corrected chi connectivity index (χ1v) is 8.89. The SMILES string of the molecule is CNC(=O)N1CCC(n2c(C)nc(C(=O)Nc3ccccc3)c2C)CC1. The lowest BCUT2D eigenvalue weighted by atomic mass is 10.0. The minimum Gasteiger partial charge on any atom is -0.341 e. The Balaban J connectivity index is 1.74. The summed E-state index contributed by atoms with van der Waals surface area (Å²) < 4.78 is 2.14. The number of anilines is 1. The summed E-state index contributed by atoms with van der Waals surface area (Å²) in [6.07, 6.45) is 1.70.